The Morgan fingerprint density at radius 3 is 2.66 bits per heavy atom. The number of aliphatic hydroxyl groups is 1. The first-order chi connectivity index (χ1) is 17.0. The van der Waals surface area contributed by atoms with Crippen molar-refractivity contribution in [2.45, 2.75) is 64.0 Å². The Bertz CT molecular complexity index is 957. The number of aromatic nitrogens is 3. The number of ether oxygens (including phenoxy) is 2. The van der Waals surface area contributed by atoms with E-state index in [1.54, 1.807) is 12.1 Å². The van der Waals surface area contributed by atoms with Gasteiger partial charge in [-0.3, -0.25) is 0 Å². The number of anilines is 3. The predicted octanol–water partition coefficient (Wildman–Crippen LogP) is 3.98. The largest absolute Gasteiger partial charge is 0.494 e. The van der Waals surface area contributed by atoms with E-state index in [1.807, 2.05) is 0 Å². The van der Waals surface area contributed by atoms with Gasteiger partial charge in [0.1, 0.15) is 0 Å². The van der Waals surface area contributed by atoms with E-state index in [0.717, 1.165) is 51.7 Å². The molecule has 4 rings (SSSR count). The number of aliphatic hydroxyl groups excluding tert-OH is 1. The maximum Gasteiger partial charge on any atom is 0.323 e. The summed E-state index contributed by atoms with van der Waals surface area (Å²) >= 11 is 0. The van der Waals surface area contributed by atoms with Gasteiger partial charge in [-0.1, -0.05) is 6.92 Å². The zero-order valence-corrected chi connectivity index (χ0v) is 20.7. The molecule has 1 aliphatic heterocycles. The lowest BCUT2D eigenvalue weighted by Gasteiger charge is -2.25. The molecule has 0 radical (unpaired) electrons. The van der Waals surface area contributed by atoms with Crippen LogP contribution in [0.3, 0.4) is 0 Å². The Kier molecular flexibility index (Phi) is 8.92. The molecule has 2 fully saturated rings. The van der Waals surface area contributed by atoms with E-state index in [-0.39, 0.29) is 23.8 Å². The molecular formula is C25H37FN6O3. The number of hydrogen-bond acceptors (Lipinski definition) is 9. The minimum atomic E-state index is -0.474. The van der Waals surface area contributed by atoms with Crippen molar-refractivity contribution < 1.29 is 19.0 Å². The summed E-state index contributed by atoms with van der Waals surface area (Å²) in [6.07, 6.45) is 6.69. The molecule has 1 unspecified atom stereocenters. The summed E-state index contributed by atoms with van der Waals surface area (Å²) in [5.41, 5.74) is 0.497. The number of halogens is 1. The molecule has 1 aromatic heterocycles. The summed E-state index contributed by atoms with van der Waals surface area (Å²) in [5, 5.41) is 16.1. The highest BCUT2D eigenvalue weighted by molar-refractivity contribution is 5.56. The molecule has 1 aliphatic carbocycles. The van der Waals surface area contributed by atoms with Gasteiger partial charge in [0.2, 0.25) is 11.9 Å². The van der Waals surface area contributed by atoms with E-state index >= 15 is 0 Å². The standard InChI is InChI=1S/C25H37FN6O3/c1-3-32-14-4-5-19(32)12-13-27-23-29-24(28-18-8-11-22(34-2)21(26)15-18)31-25(30-23)35-16-17-6-9-20(33)10-7-17/h8,11,15,17,19-20,33H,3-7,9-10,12-14,16H2,1-2H3,(H2,27,28,29,30,31). The molecule has 2 aromatic rings. The van der Waals surface area contributed by atoms with E-state index in [9.17, 15) is 9.50 Å². The van der Waals surface area contributed by atoms with Gasteiger partial charge in [0.25, 0.3) is 0 Å². The second-order valence-electron chi connectivity index (χ2n) is 9.37. The smallest absolute Gasteiger partial charge is 0.323 e. The topological polar surface area (TPSA) is 105 Å². The fourth-order valence-electron chi connectivity index (χ4n) is 4.92. The highest BCUT2D eigenvalue weighted by Gasteiger charge is 2.23. The lowest BCUT2D eigenvalue weighted by molar-refractivity contribution is 0.0899. The molecule has 9 nitrogen and oxygen atoms in total. The van der Waals surface area contributed by atoms with Crippen molar-refractivity contribution in [3.63, 3.8) is 0 Å². The predicted molar refractivity (Wildman–Crippen MR) is 133 cm³/mol. The maximum atomic E-state index is 14.2. The van der Waals surface area contributed by atoms with Crippen molar-refractivity contribution in [1.82, 2.24) is 19.9 Å². The Hall–Kier alpha value is -2.72. The number of rotatable bonds is 11. The van der Waals surface area contributed by atoms with Gasteiger partial charge in [-0.05, 0) is 76.1 Å². The number of hydrogen-bond donors (Lipinski definition) is 3. The summed E-state index contributed by atoms with van der Waals surface area (Å²) in [7, 11) is 1.43. The van der Waals surface area contributed by atoms with Gasteiger partial charge in [0.15, 0.2) is 11.6 Å². The highest BCUT2D eigenvalue weighted by Crippen LogP contribution is 2.26. The number of methoxy groups -OCH3 is 1. The molecule has 1 saturated carbocycles. The van der Waals surface area contributed by atoms with Crippen LogP contribution in [0.4, 0.5) is 22.0 Å². The Morgan fingerprint density at radius 1 is 1.11 bits per heavy atom. The number of benzene rings is 1. The van der Waals surface area contributed by atoms with Gasteiger partial charge in [-0.15, -0.1) is 0 Å². The molecule has 1 saturated heterocycles. The lowest BCUT2D eigenvalue weighted by atomic mass is 9.88. The fraction of sp³-hybridized carbons (Fsp3) is 0.640. The third kappa shape index (κ3) is 7.14. The van der Waals surface area contributed by atoms with E-state index in [1.165, 1.54) is 26.0 Å². The molecule has 2 heterocycles. The van der Waals surface area contributed by atoms with Gasteiger partial charge >= 0.3 is 6.01 Å². The second kappa shape index (κ2) is 12.3. The Balaban J connectivity index is 1.43. The first kappa shape index (κ1) is 25.4. The molecular weight excluding hydrogens is 451 g/mol. The van der Waals surface area contributed by atoms with E-state index in [0.29, 0.717) is 30.2 Å². The van der Waals surface area contributed by atoms with Gasteiger partial charge < -0.3 is 30.1 Å². The first-order valence-electron chi connectivity index (χ1n) is 12.7. The molecule has 2 aliphatic rings. The molecule has 1 aromatic carbocycles. The van der Waals surface area contributed by atoms with Crippen molar-refractivity contribution >= 4 is 17.6 Å². The molecule has 192 valence electrons. The normalized spacial score (nSPS) is 22.7. The van der Waals surface area contributed by atoms with Crippen molar-refractivity contribution in [3.05, 3.63) is 24.0 Å². The van der Waals surface area contributed by atoms with Crippen LogP contribution in [0.5, 0.6) is 11.8 Å². The minimum absolute atomic E-state index is 0.170. The van der Waals surface area contributed by atoms with E-state index in [4.69, 9.17) is 9.47 Å². The van der Waals surface area contributed by atoms with Gasteiger partial charge in [0.05, 0.1) is 19.8 Å². The van der Waals surface area contributed by atoms with Crippen LogP contribution in [0.1, 0.15) is 51.9 Å². The summed E-state index contributed by atoms with van der Waals surface area (Å²) in [6.45, 7) is 5.66. The average Bonchev–Trinajstić information content (AvgIpc) is 3.31. The van der Waals surface area contributed by atoms with Gasteiger partial charge in [-0.25, -0.2) is 4.39 Å². The van der Waals surface area contributed by atoms with Crippen molar-refractivity contribution in [2.24, 2.45) is 5.92 Å². The van der Waals surface area contributed by atoms with E-state index in [2.05, 4.69) is 37.4 Å². The van der Waals surface area contributed by atoms with Crippen LogP contribution in [-0.4, -0.2) is 70.5 Å². The molecule has 35 heavy (non-hydrogen) atoms. The van der Waals surface area contributed by atoms with Crippen LogP contribution in [0.25, 0.3) is 0 Å². The molecule has 10 heteroatoms. The molecule has 3 N–H and O–H groups in total. The zero-order valence-electron chi connectivity index (χ0n) is 20.7. The SMILES string of the molecule is CCN1CCCC1CCNc1nc(Nc2ccc(OC)c(F)c2)nc(OCC2CCC(O)CC2)n1. The van der Waals surface area contributed by atoms with Crippen LogP contribution in [0.2, 0.25) is 0 Å². The fourth-order valence-corrected chi connectivity index (χ4v) is 4.92. The monoisotopic (exact) mass is 488 g/mol. The van der Waals surface area contributed by atoms with Crippen LogP contribution in [0.15, 0.2) is 18.2 Å². The molecule has 0 spiro atoms. The molecule has 0 bridgehead atoms. The Morgan fingerprint density at radius 2 is 1.91 bits per heavy atom. The third-order valence-corrected chi connectivity index (χ3v) is 6.95. The third-order valence-electron chi connectivity index (χ3n) is 6.95. The molecule has 0 amide bonds. The maximum absolute atomic E-state index is 14.2. The highest BCUT2D eigenvalue weighted by atomic mass is 19.1. The van der Waals surface area contributed by atoms with Crippen LogP contribution in [0, 0.1) is 11.7 Å². The van der Waals surface area contributed by atoms with Crippen LogP contribution in [-0.2, 0) is 0 Å². The lowest BCUT2D eigenvalue weighted by Crippen LogP contribution is -2.30. The first-order valence-corrected chi connectivity index (χ1v) is 12.7. The Labute approximate surface area is 206 Å². The quantitative estimate of drug-likeness (QED) is 0.433. The summed E-state index contributed by atoms with van der Waals surface area (Å²) in [6, 6.07) is 5.39. The number of nitrogens with zero attached hydrogens (tertiary/aromatic N) is 4. The van der Waals surface area contributed by atoms with Crippen LogP contribution >= 0.6 is 0 Å². The minimum Gasteiger partial charge on any atom is -0.494 e. The number of nitrogens with one attached hydrogen (secondary N) is 2. The van der Waals surface area contributed by atoms with Crippen molar-refractivity contribution in [1.29, 1.82) is 0 Å². The van der Waals surface area contributed by atoms with Crippen molar-refractivity contribution in [2.75, 3.05) is 44.0 Å². The summed E-state index contributed by atoms with van der Waals surface area (Å²) in [4.78, 5) is 15.9. The average molecular weight is 489 g/mol. The summed E-state index contributed by atoms with van der Waals surface area (Å²) in [5.74, 6) is 0.756. The zero-order chi connectivity index (χ0) is 24.6. The van der Waals surface area contributed by atoms with E-state index < -0.39 is 5.82 Å². The van der Waals surface area contributed by atoms with Crippen LogP contribution < -0.4 is 20.1 Å². The second-order valence-corrected chi connectivity index (χ2v) is 9.37. The summed E-state index contributed by atoms with van der Waals surface area (Å²) < 4.78 is 25.1. The van der Waals surface area contributed by atoms with Gasteiger partial charge in [0, 0.05) is 24.3 Å². The van der Waals surface area contributed by atoms with Crippen molar-refractivity contribution in [3.8, 4) is 11.8 Å². The number of likely N-dealkylation sites (tertiary alicyclic amines) is 1. The molecule has 1 atom stereocenters. The van der Waals surface area contributed by atoms with Gasteiger partial charge in [-0.2, -0.15) is 15.0 Å².